The second-order valence-electron chi connectivity index (χ2n) is 39.3. The fourth-order valence-electron chi connectivity index (χ4n) is 23.2. The highest BCUT2D eigenvalue weighted by Gasteiger charge is 2.59. The number of halogens is 5. The van der Waals surface area contributed by atoms with Gasteiger partial charge in [0, 0.05) is 176 Å². The maximum Gasteiger partial charge on any atom is 0.253 e. The Morgan fingerprint density at radius 1 is 0.358 bits per heavy atom. The Kier molecular flexibility index (Phi) is 24.9. The van der Waals surface area contributed by atoms with E-state index in [2.05, 4.69) is 73.0 Å². The standard InChI is InChI=1S/C29H34FN5O.C29H25FN4O2.C27H28F2N4O.C25H27FN4O/c1-32-13-9-24(10-14-32)34-15-11-29(12-16-34)25-5-3-4-6-27(25)35(28(29)36)20-22-8-7-21(17-26(22)30)23-18-31-33(2)19-23;1-32-17-23(16-31-32)21-11-12-22(25(30)15-21)18-34-26-10-6-5-9-24(26)29(28(34)36)13-14-33(19-29)27(35)20-7-3-2-4-8-20;1-31-15-19(14-30-31)21-11-10-18(24(28)25(21)29)16-33-23-9-5-4-8-22(23)27(26(33)34)12-13-32(17-27)20-6-2-3-7-20;1-17(2)29-11-10-25(16-29)21-6-4-5-7-23(21)30(24(25)31)15-19-9-8-18(12-22(19)26)20-13-27-28(3)14-20/h3-8,17-19,24H,9-16,20H2,1-2H3;2-12,15-17H,13-14,18-19H2,1H3;4-5,8-11,14-15,20H,2-3,6-7,12-13,16-17H2,1H3;4-9,12-14,17H,10-11,15-16H2,1-3H3. The van der Waals surface area contributed by atoms with Crippen LogP contribution >= 0.6 is 0 Å². The van der Waals surface area contributed by atoms with E-state index in [1.54, 1.807) is 119 Å². The summed E-state index contributed by atoms with van der Waals surface area (Å²) in [4.78, 5) is 87.3. The molecule has 10 aliphatic rings. The van der Waals surface area contributed by atoms with Crippen LogP contribution in [-0.4, -0.2) is 184 Å². The van der Waals surface area contributed by atoms with Gasteiger partial charge in [-0.1, -0.05) is 152 Å². The molecule has 23 rings (SSSR count). The first-order valence-electron chi connectivity index (χ1n) is 48.0. The molecule has 137 heavy (non-hydrogen) atoms. The molecule has 0 bridgehead atoms. The van der Waals surface area contributed by atoms with Crippen molar-refractivity contribution in [2.75, 3.05) is 92.1 Å². The van der Waals surface area contributed by atoms with Gasteiger partial charge in [-0.25, -0.2) is 22.0 Å². The molecule has 0 N–H and O–H groups in total. The number of para-hydroxylation sites is 4. The SMILES string of the molecule is CC(C)N1CCC2(C1)C(=O)N(Cc1ccc(-c3cnn(C)c3)cc1F)c1ccccc12.CN1CCC(N2CCC3(CC2)C(=O)N(Cc2ccc(-c4cnn(C)c4)cc2F)c2ccccc23)CC1.Cn1cc(-c2ccc(CN3C(=O)C4(CCN(C(=O)c5ccccc5)C4)c4ccccc43)c(F)c2)cn1.Cn1cc(-c2ccc(CN3C(=O)C4(CCN(C5CCCC5)C4)c4ccccc43)c(F)c2F)cn1. The molecule has 13 heterocycles. The van der Waals surface area contributed by atoms with E-state index in [0.29, 0.717) is 72.0 Å². The maximum atomic E-state index is 15.2. The number of hydrogen-bond donors (Lipinski definition) is 0. The summed E-state index contributed by atoms with van der Waals surface area (Å²) in [5, 5.41) is 16.6. The van der Waals surface area contributed by atoms with Crippen molar-refractivity contribution >= 4 is 52.3 Å². The largest absolute Gasteiger partial charge is 0.337 e. The zero-order chi connectivity index (χ0) is 94.9. The van der Waals surface area contributed by atoms with Crippen LogP contribution in [0.15, 0.2) is 244 Å². The minimum absolute atomic E-state index is 0.00495. The van der Waals surface area contributed by atoms with Crippen molar-refractivity contribution in [1.29, 1.82) is 0 Å². The summed E-state index contributed by atoms with van der Waals surface area (Å²) in [5.74, 6) is -2.71. The molecule has 3 atom stereocenters. The Morgan fingerprint density at radius 3 is 1.14 bits per heavy atom. The van der Waals surface area contributed by atoms with Crippen LogP contribution in [0.25, 0.3) is 44.5 Å². The summed E-state index contributed by atoms with van der Waals surface area (Å²) >= 11 is 0. The first kappa shape index (κ1) is 91.4. The molecule has 704 valence electrons. The van der Waals surface area contributed by atoms with E-state index in [1.807, 2.05) is 166 Å². The molecule has 4 aromatic heterocycles. The number of benzene rings is 9. The molecule has 1 aliphatic carbocycles. The first-order valence-corrected chi connectivity index (χ1v) is 48.0. The summed E-state index contributed by atoms with van der Waals surface area (Å²) in [6.07, 6.45) is 25.0. The second kappa shape index (κ2) is 37.3. The van der Waals surface area contributed by atoms with Gasteiger partial charge in [0.25, 0.3) is 5.91 Å². The zero-order valence-electron chi connectivity index (χ0n) is 78.5. The van der Waals surface area contributed by atoms with E-state index in [-0.39, 0.29) is 84.3 Å². The van der Waals surface area contributed by atoms with Gasteiger partial charge in [0.2, 0.25) is 23.6 Å². The molecular formula is C110H114F5N17O5. The van der Waals surface area contributed by atoms with Gasteiger partial charge in [-0.3, -0.25) is 52.5 Å². The molecule has 5 saturated heterocycles. The Balaban J connectivity index is 0.000000113. The Hall–Kier alpha value is -13.3. The molecule has 22 nitrogen and oxygen atoms in total. The molecule has 3 unspecified atom stereocenters. The Bertz CT molecular complexity index is 6770. The maximum absolute atomic E-state index is 15.2. The highest BCUT2D eigenvalue weighted by Crippen LogP contribution is 2.54. The van der Waals surface area contributed by atoms with Crippen LogP contribution in [0.1, 0.15) is 139 Å². The number of fused-ring (bicyclic) bond motifs is 8. The van der Waals surface area contributed by atoms with Crippen LogP contribution in [0.3, 0.4) is 0 Å². The molecule has 9 aromatic carbocycles. The van der Waals surface area contributed by atoms with Crippen molar-refractivity contribution in [2.24, 2.45) is 28.2 Å². The molecule has 6 fully saturated rings. The van der Waals surface area contributed by atoms with Gasteiger partial charge in [-0.2, -0.15) is 20.4 Å². The molecule has 27 heteroatoms. The predicted octanol–water partition coefficient (Wildman–Crippen LogP) is 17.7. The first-order chi connectivity index (χ1) is 66.3. The lowest BCUT2D eigenvalue weighted by molar-refractivity contribution is -0.125. The highest BCUT2D eigenvalue weighted by atomic mass is 19.2. The molecule has 1 saturated carbocycles. The average Bonchev–Trinajstić information content (AvgIpc) is 1.59. The van der Waals surface area contributed by atoms with Gasteiger partial charge < -0.3 is 34.3 Å². The average molecular weight is 1850 g/mol. The summed E-state index contributed by atoms with van der Waals surface area (Å²) in [5.41, 5.74) is 13.0. The number of likely N-dealkylation sites (tertiary alicyclic amines) is 5. The lowest BCUT2D eigenvalue weighted by Gasteiger charge is -2.44. The summed E-state index contributed by atoms with van der Waals surface area (Å²) in [6.45, 7) is 13.2. The number of amides is 5. The number of carbonyl (C=O) groups excluding carboxylic acids is 5. The highest BCUT2D eigenvalue weighted by molar-refractivity contribution is 6.12. The number of anilines is 4. The fourth-order valence-corrected chi connectivity index (χ4v) is 23.2. The Morgan fingerprint density at radius 2 is 0.715 bits per heavy atom. The van der Waals surface area contributed by atoms with E-state index in [1.165, 1.54) is 56.9 Å². The van der Waals surface area contributed by atoms with Gasteiger partial charge in [0.15, 0.2) is 11.6 Å². The van der Waals surface area contributed by atoms with E-state index in [0.717, 1.165) is 150 Å². The van der Waals surface area contributed by atoms with Gasteiger partial charge in [-0.15, -0.1) is 0 Å². The number of aryl methyl sites for hydroxylation is 4. The minimum atomic E-state index is -0.911. The van der Waals surface area contributed by atoms with Gasteiger partial charge in [0.1, 0.15) is 17.5 Å². The fraction of sp³-hybridized carbons (Fsp3) is 0.355. The third-order valence-corrected chi connectivity index (χ3v) is 30.8. The van der Waals surface area contributed by atoms with Gasteiger partial charge in [-0.05, 0) is 211 Å². The third kappa shape index (κ3) is 16.9. The lowest BCUT2D eigenvalue weighted by atomic mass is 9.73. The molecule has 0 radical (unpaired) electrons. The number of nitrogens with zero attached hydrogens (tertiary/aromatic N) is 17. The number of carbonyl (C=O) groups is 5. The van der Waals surface area contributed by atoms with Crippen LogP contribution < -0.4 is 19.6 Å². The van der Waals surface area contributed by atoms with E-state index < -0.39 is 33.3 Å². The van der Waals surface area contributed by atoms with Crippen molar-refractivity contribution in [2.45, 2.75) is 150 Å². The van der Waals surface area contributed by atoms with Crippen molar-refractivity contribution in [3.05, 3.63) is 323 Å². The van der Waals surface area contributed by atoms with E-state index in [4.69, 9.17) is 0 Å². The summed E-state index contributed by atoms with van der Waals surface area (Å²) in [7, 11) is 9.43. The number of piperidine rings is 2. The van der Waals surface area contributed by atoms with Crippen LogP contribution in [0, 0.1) is 29.1 Å². The van der Waals surface area contributed by atoms with Gasteiger partial charge >= 0.3 is 0 Å². The number of rotatable bonds is 16. The normalized spacial score (nSPS) is 20.8. The minimum Gasteiger partial charge on any atom is -0.337 e. The van der Waals surface area contributed by atoms with Crippen LogP contribution in [0.2, 0.25) is 0 Å². The van der Waals surface area contributed by atoms with Crippen molar-refractivity contribution in [3.8, 4) is 44.5 Å². The number of hydrogen-bond acceptors (Lipinski definition) is 13. The monoisotopic (exact) mass is 1850 g/mol. The van der Waals surface area contributed by atoms with Crippen LogP contribution in [0.5, 0.6) is 0 Å². The van der Waals surface area contributed by atoms with E-state index >= 15 is 22.0 Å². The summed E-state index contributed by atoms with van der Waals surface area (Å²) in [6, 6.07) is 61.1. The molecule has 13 aromatic rings. The third-order valence-electron chi connectivity index (χ3n) is 30.8. The predicted molar refractivity (Wildman–Crippen MR) is 520 cm³/mol. The van der Waals surface area contributed by atoms with Crippen molar-refractivity contribution < 1.29 is 45.9 Å². The van der Waals surface area contributed by atoms with Crippen molar-refractivity contribution in [1.82, 2.24) is 63.6 Å². The lowest BCUT2D eigenvalue weighted by Crippen LogP contribution is -2.53. The second-order valence-corrected chi connectivity index (χ2v) is 39.3. The smallest absolute Gasteiger partial charge is 0.253 e. The zero-order valence-corrected chi connectivity index (χ0v) is 78.5. The summed E-state index contributed by atoms with van der Waals surface area (Å²) < 4.78 is 82.4. The van der Waals surface area contributed by atoms with Crippen molar-refractivity contribution in [3.63, 3.8) is 0 Å². The molecule has 4 spiro atoms. The van der Waals surface area contributed by atoms with Gasteiger partial charge in [0.05, 0.1) is 72.6 Å². The quantitative estimate of drug-likeness (QED) is 0.0833. The van der Waals surface area contributed by atoms with E-state index in [9.17, 15) is 24.0 Å². The molecule has 9 aliphatic heterocycles. The van der Waals surface area contributed by atoms with Crippen LogP contribution in [0.4, 0.5) is 44.7 Å². The topological polar surface area (TPSA) is 186 Å². The van der Waals surface area contributed by atoms with Crippen LogP contribution in [-0.2, 0) is 95.2 Å². The molecular weight excluding hydrogens is 1730 g/mol. The Labute approximate surface area is 795 Å². The molecule has 5 amide bonds. The number of aromatic nitrogens is 8.